The lowest BCUT2D eigenvalue weighted by atomic mass is 9.77. The Kier molecular flexibility index (Phi) is 6.13. The molecule has 0 N–H and O–H groups in total. The molecular weight excluding hydrogens is 415 g/mol. The van der Waals surface area contributed by atoms with E-state index in [1.807, 2.05) is 18.2 Å². The summed E-state index contributed by atoms with van der Waals surface area (Å²) in [6.45, 7) is 6.01. The van der Waals surface area contributed by atoms with Crippen molar-refractivity contribution in [2.75, 3.05) is 0 Å². The van der Waals surface area contributed by atoms with E-state index < -0.39 is 11.4 Å². The van der Waals surface area contributed by atoms with Crippen LogP contribution in [-0.4, -0.2) is 9.97 Å². The van der Waals surface area contributed by atoms with Crippen molar-refractivity contribution in [1.82, 2.24) is 9.97 Å². The van der Waals surface area contributed by atoms with Gasteiger partial charge in [0.1, 0.15) is 22.8 Å². The Balaban J connectivity index is 1.35. The largest absolute Gasteiger partial charge is 0.427 e. The smallest absolute Gasteiger partial charge is 0.346 e. The number of halogens is 1. The number of fused-ring (bicyclic) bond motifs is 1. The summed E-state index contributed by atoms with van der Waals surface area (Å²) in [4.78, 5) is 21.8. The molecule has 0 unspecified atom stereocenters. The summed E-state index contributed by atoms with van der Waals surface area (Å²) < 4.78 is 21.2. The van der Waals surface area contributed by atoms with E-state index in [1.54, 1.807) is 18.5 Å². The lowest BCUT2D eigenvalue weighted by molar-refractivity contribution is 0.306. The number of rotatable bonds is 4. The molecule has 0 aliphatic heterocycles. The third-order valence-corrected chi connectivity index (χ3v) is 7.79. The molecule has 3 aromatic rings. The molecule has 2 aromatic heterocycles. The predicted molar refractivity (Wildman–Crippen MR) is 129 cm³/mol. The minimum absolute atomic E-state index is 0.0945. The molecule has 0 bridgehead atoms. The first-order valence-electron chi connectivity index (χ1n) is 12.2. The Bertz CT molecular complexity index is 1200. The van der Waals surface area contributed by atoms with Gasteiger partial charge in [-0.25, -0.2) is 19.2 Å². The van der Waals surface area contributed by atoms with Crippen LogP contribution < -0.4 is 5.63 Å². The SMILES string of the molecule is C=Cc1cnc(C2CCC(c3ccc4cc(C5CCC(C)CC5)oc(=O)c4c3F)CC2)nc1. The molecule has 1 aromatic carbocycles. The van der Waals surface area contributed by atoms with Crippen LogP contribution >= 0.6 is 0 Å². The summed E-state index contributed by atoms with van der Waals surface area (Å²) >= 11 is 0. The van der Waals surface area contributed by atoms with Gasteiger partial charge in [0.05, 0.1) is 0 Å². The Morgan fingerprint density at radius 2 is 1.61 bits per heavy atom. The van der Waals surface area contributed by atoms with Crippen LogP contribution in [0.4, 0.5) is 4.39 Å². The summed E-state index contributed by atoms with van der Waals surface area (Å²) in [5.41, 5.74) is 1.01. The zero-order chi connectivity index (χ0) is 22.9. The van der Waals surface area contributed by atoms with Crippen molar-refractivity contribution in [1.29, 1.82) is 0 Å². The van der Waals surface area contributed by atoms with E-state index in [2.05, 4.69) is 23.5 Å². The molecule has 0 saturated heterocycles. The Morgan fingerprint density at radius 3 is 2.27 bits per heavy atom. The van der Waals surface area contributed by atoms with Crippen LogP contribution in [0.25, 0.3) is 16.8 Å². The molecule has 0 atom stereocenters. The number of aromatic nitrogens is 2. The maximum Gasteiger partial charge on any atom is 0.346 e. The van der Waals surface area contributed by atoms with Gasteiger partial charge in [-0.05, 0) is 67.4 Å². The zero-order valence-electron chi connectivity index (χ0n) is 19.2. The highest BCUT2D eigenvalue weighted by atomic mass is 19.1. The Labute approximate surface area is 194 Å². The van der Waals surface area contributed by atoms with Gasteiger partial charge in [-0.15, -0.1) is 0 Å². The molecule has 0 radical (unpaired) electrons. The average molecular weight is 447 g/mol. The van der Waals surface area contributed by atoms with Crippen molar-refractivity contribution >= 4 is 16.8 Å². The van der Waals surface area contributed by atoms with Gasteiger partial charge in [-0.2, -0.15) is 0 Å². The topological polar surface area (TPSA) is 56.0 Å². The summed E-state index contributed by atoms with van der Waals surface area (Å²) in [6.07, 6.45) is 13.2. The fourth-order valence-corrected chi connectivity index (χ4v) is 5.66. The zero-order valence-corrected chi connectivity index (χ0v) is 19.2. The molecule has 0 spiro atoms. The second kappa shape index (κ2) is 9.20. The highest BCUT2D eigenvalue weighted by Gasteiger charge is 2.29. The third kappa shape index (κ3) is 4.38. The van der Waals surface area contributed by atoms with E-state index in [0.29, 0.717) is 10.9 Å². The van der Waals surface area contributed by atoms with Crippen molar-refractivity contribution in [2.45, 2.75) is 76.0 Å². The van der Waals surface area contributed by atoms with E-state index >= 15 is 4.39 Å². The summed E-state index contributed by atoms with van der Waals surface area (Å²) in [5, 5.41) is 0.761. The van der Waals surface area contributed by atoms with Gasteiger partial charge in [-0.3, -0.25) is 0 Å². The molecule has 5 heteroatoms. The molecule has 2 heterocycles. The van der Waals surface area contributed by atoms with Crippen molar-refractivity contribution in [3.05, 3.63) is 76.1 Å². The number of hydrogen-bond donors (Lipinski definition) is 0. The third-order valence-electron chi connectivity index (χ3n) is 7.79. The molecular formula is C28H31FN2O2. The van der Waals surface area contributed by atoms with Gasteiger partial charge < -0.3 is 4.42 Å². The van der Waals surface area contributed by atoms with Gasteiger partial charge in [0.25, 0.3) is 0 Å². The molecule has 2 aliphatic carbocycles. The van der Waals surface area contributed by atoms with E-state index in [9.17, 15) is 4.79 Å². The lowest BCUT2D eigenvalue weighted by Crippen LogP contribution is -2.17. The highest BCUT2D eigenvalue weighted by molar-refractivity contribution is 5.83. The number of benzene rings is 1. The van der Waals surface area contributed by atoms with Crippen LogP contribution in [0, 0.1) is 11.7 Å². The predicted octanol–water partition coefficient (Wildman–Crippen LogP) is 7.10. The van der Waals surface area contributed by atoms with Gasteiger partial charge >= 0.3 is 5.63 Å². The van der Waals surface area contributed by atoms with Gasteiger partial charge in [0.2, 0.25) is 0 Å². The lowest BCUT2D eigenvalue weighted by Gasteiger charge is -2.28. The summed E-state index contributed by atoms with van der Waals surface area (Å²) in [7, 11) is 0. The molecule has 5 rings (SSSR count). The van der Waals surface area contributed by atoms with Crippen molar-refractivity contribution in [2.24, 2.45) is 5.92 Å². The molecule has 2 aliphatic rings. The van der Waals surface area contributed by atoms with Crippen molar-refractivity contribution in [3.8, 4) is 0 Å². The first-order chi connectivity index (χ1) is 16.0. The van der Waals surface area contributed by atoms with Crippen LogP contribution in [0.15, 0.2) is 46.4 Å². The van der Waals surface area contributed by atoms with E-state index in [0.717, 1.165) is 74.4 Å². The first-order valence-corrected chi connectivity index (χ1v) is 12.2. The fraction of sp³-hybridized carbons (Fsp3) is 0.464. The van der Waals surface area contributed by atoms with E-state index in [1.165, 1.54) is 0 Å². The second-order valence-corrected chi connectivity index (χ2v) is 9.95. The highest BCUT2D eigenvalue weighted by Crippen LogP contribution is 2.41. The number of nitrogens with zero attached hydrogens (tertiary/aromatic N) is 2. The van der Waals surface area contributed by atoms with Crippen molar-refractivity contribution in [3.63, 3.8) is 0 Å². The minimum atomic E-state index is -0.537. The Morgan fingerprint density at radius 1 is 0.970 bits per heavy atom. The standard InChI is InChI=1S/C28H31FN2O2/c1-3-18-15-30-27(31-16-18)21-10-8-19(9-11-21)23-13-12-22-14-24(20-6-4-17(2)5-7-20)33-28(32)25(22)26(23)29/h3,12-17,19-21H,1,4-11H2,2H3. The fourth-order valence-electron chi connectivity index (χ4n) is 5.66. The first kappa shape index (κ1) is 22.0. The molecule has 2 saturated carbocycles. The maximum absolute atomic E-state index is 15.5. The minimum Gasteiger partial charge on any atom is -0.427 e. The van der Waals surface area contributed by atoms with E-state index in [-0.39, 0.29) is 23.1 Å². The normalized spacial score (nSPS) is 25.8. The van der Waals surface area contributed by atoms with Crippen LogP contribution in [0.3, 0.4) is 0 Å². The quantitative estimate of drug-likeness (QED) is 0.429. The number of hydrogen-bond acceptors (Lipinski definition) is 4. The van der Waals surface area contributed by atoms with Crippen LogP contribution in [0.1, 0.15) is 98.8 Å². The average Bonchev–Trinajstić information content (AvgIpc) is 2.84. The molecule has 172 valence electrons. The van der Waals surface area contributed by atoms with Gasteiger partial charge in [0.15, 0.2) is 0 Å². The second-order valence-electron chi connectivity index (χ2n) is 9.95. The van der Waals surface area contributed by atoms with Crippen molar-refractivity contribution < 1.29 is 8.81 Å². The van der Waals surface area contributed by atoms with Gasteiger partial charge in [0, 0.05) is 29.8 Å². The summed E-state index contributed by atoms with van der Waals surface area (Å²) in [5.74, 6) is 2.53. The van der Waals surface area contributed by atoms with Gasteiger partial charge in [-0.1, -0.05) is 44.6 Å². The molecule has 2 fully saturated rings. The van der Waals surface area contributed by atoms with Crippen LogP contribution in [-0.2, 0) is 0 Å². The van der Waals surface area contributed by atoms with Crippen LogP contribution in [0.5, 0.6) is 0 Å². The molecule has 0 amide bonds. The maximum atomic E-state index is 15.5. The van der Waals surface area contributed by atoms with Crippen LogP contribution in [0.2, 0.25) is 0 Å². The molecule has 4 nitrogen and oxygen atoms in total. The summed E-state index contributed by atoms with van der Waals surface area (Å²) in [6, 6.07) is 5.68. The monoisotopic (exact) mass is 446 g/mol. The molecule has 33 heavy (non-hydrogen) atoms. The van der Waals surface area contributed by atoms with E-state index in [4.69, 9.17) is 4.42 Å². The Hall–Kier alpha value is -2.82.